The van der Waals surface area contributed by atoms with Gasteiger partial charge >= 0.3 is 5.97 Å². The first-order valence-corrected chi connectivity index (χ1v) is 7.44. The fraction of sp³-hybridized carbons (Fsp3) is 0.250. The van der Waals surface area contributed by atoms with Crippen LogP contribution in [0.5, 0.6) is 0 Å². The Bertz CT molecular complexity index is 574. The van der Waals surface area contributed by atoms with Gasteiger partial charge < -0.3 is 4.74 Å². The number of thioether (sulfide) groups is 1. The van der Waals surface area contributed by atoms with Crippen molar-refractivity contribution in [2.24, 2.45) is 0 Å². The Morgan fingerprint density at radius 1 is 1.47 bits per heavy atom. The second-order valence-electron chi connectivity index (χ2n) is 3.54. The highest BCUT2D eigenvalue weighted by atomic mass is 79.9. The molecule has 2 rings (SSSR count). The zero-order valence-electron chi connectivity index (χ0n) is 10.2. The van der Waals surface area contributed by atoms with Gasteiger partial charge in [0.2, 0.25) is 5.16 Å². The number of esters is 1. The highest BCUT2D eigenvalue weighted by molar-refractivity contribution is 9.10. The van der Waals surface area contributed by atoms with Gasteiger partial charge in [0.15, 0.2) is 5.82 Å². The van der Waals surface area contributed by atoms with Crippen LogP contribution in [0.15, 0.2) is 33.9 Å². The first kappa shape index (κ1) is 14.1. The number of H-pyrrole nitrogens is 1. The Balaban J connectivity index is 2.04. The summed E-state index contributed by atoms with van der Waals surface area (Å²) in [4.78, 5) is 15.6. The fourth-order valence-corrected chi connectivity index (χ4v) is 2.48. The number of aromatic amines is 1. The molecule has 0 aliphatic carbocycles. The highest BCUT2D eigenvalue weighted by Gasteiger charge is 2.10. The van der Waals surface area contributed by atoms with E-state index in [0.717, 1.165) is 10.0 Å². The molecule has 1 aromatic carbocycles. The molecule has 0 spiro atoms. The third kappa shape index (κ3) is 3.81. The van der Waals surface area contributed by atoms with Crippen molar-refractivity contribution in [1.29, 1.82) is 0 Å². The average Bonchev–Trinajstić information content (AvgIpc) is 2.86. The number of carbonyl (C=O) groups excluding carboxylic acids is 1. The molecular weight excluding hydrogens is 330 g/mol. The first-order valence-electron chi connectivity index (χ1n) is 5.66. The molecule has 0 radical (unpaired) electrons. The number of nitrogens with zero attached hydrogens (tertiary/aromatic N) is 2. The van der Waals surface area contributed by atoms with Crippen molar-refractivity contribution in [1.82, 2.24) is 15.2 Å². The maximum Gasteiger partial charge on any atom is 0.316 e. The van der Waals surface area contributed by atoms with Gasteiger partial charge in [-0.05, 0) is 13.0 Å². The molecule has 0 aliphatic rings. The Morgan fingerprint density at radius 3 is 3.00 bits per heavy atom. The van der Waals surface area contributed by atoms with Crippen molar-refractivity contribution in [2.75, 3.05) is 12.4 Å². The number of aromatic nitrogens is 3. The lowest BCUT2D eigenvalue weighted by Gasteiger charge is -1.99. The molecule has 0 amide bonds. The van der Waals surface area contributed by atoms with E-state index in [1.54, 1.807) is 6.92 Å². The van der Waals surface area contributed by atoms with Crippen LogP contribution in [-0.2, 0) is 9.53 Å². The number of rotatable bonds is 5. The summed E-state index contributed by atoms with van der Waals surface area (Å²) in [6.07, 6.45) is 0. The molecule has 0 atom stereocenters. The quantitative estimate of drug-likeness (QED) is 0.668. The summed E-state index contributed by atoms with van der Waals surface area (Å²) in [7, 11) is 0. The van der Waals surface area contributed by atoms with Crippen molar-refractivity contribution in [3.05, 3.63) is 28.7 Å². The summed E-state index contributed by atoms with van der Waals surface area (Å²) in [6, 6.07) is 7.72. The number of ether oxygens (including phenoxy) is 1. The molecule has 5 nitrogen and oxygen atoms in total. The number of nitrogens with one attached hydrogen (secondary N) is 1. The highest BCUT2D eigenvalue weighted by Crippen LogP contribution is 2.26. The lowest BCUT2D eigenvalue weighted by molar-refractivity contribution is -0.139. The van der Waals surface area contributed by atoms with Gasteiger partial charge in [-0.1, -0.05) is 45.9 Å². The molecule has 1 heterocycles. The van der Waals surface area contributed by atoms with Crippen LogP contribution in [0.1, 0.15) is 6.92 Å². The van der Waals surface area contributed by atoms with Gasteiger partial charge in [0.1, 0.15) is 0 Å². The summed E-state index contributed by atoms with van der Waals surface area (Å²) in [6.45, 7) is 2.16. The fourth-order valence-electron chi connectivity index (χ4n) is 1.41. The molecule has 1 N–H and O–H groups in total. The van der Waals surface area contributed by atoms with E-state index in [4.69, 9.17) is 4.74 Å². The van der Waals surface area contributed by atoms with E-state index in [1.165, 1.54) is 11.8 Å². The Labute approximate surface area is 123 Å². The SMILES string of the molecule is CCOC(=O)CSc1n[nH]c(-c2ccccc2Br)n1. The molecular formula is C12H12BrN3O2S. The van der Waals surface area contributed by atoms with Crippen LogP contribution >= 0.6 is 27.7 Å². The third-order valence-electron chi connectivity index (χ3n) is 2.22. The van der Waals surface area contributed by atoms with E-state index in [2.05, 4.69) is 31.1 Å². The third-order valence-corrected chi connectivity index (χ3v) is 3.73. The van der Waals surface area contributed by atoms with Crippen LogP contribution in [0.3, 0.4) is 0 Å². The molecule has 1 aromatic heterocycles. The van der Waals surface area contributed by atoms with Crippen molar-refractivity contribution in [3.63, 3.8) is 0 Å². The maximum atomic E-state index is 11.2. The van der Waals surface area contributed by atoms with Crippen molar-refractivity contribution >= 4 is 33.7 Å². The molecule has 0 fully saturated rings. The topological polar surface area (TPSA) is 67.9 Å². The first-order chi connectivity index (χ1) is 9.20. The van der Waals surface area contributed by atoms with Crippen LogP contribution < -0.4 is 0 Å². The largest absolute Gasteiger partial charge is 0.465 e. The van der Waals surface area contributed by atoms with Crippen LogP contribution in [0, 0.1) is 0 Å². The molecule has 0 bridgehead atoms. The molecule has 19 heavy (non-hydrogen) atoms. The number of hydrogen-bond acceptors (Lipinski definition) is 5. The predicted molar refractivity (Wildman–Crippen MR) is 76.9 cm³/mol. The zero-order chi connectivity index (χ0) is 13.7. The van der Waals surface area contributed by atoms with Crippen LogP contribution in [0.4, 0.5) is 0 Å². The van der Waals surface area contributed by atoms with Crippen LogP contribution in [-0.4, -0.2) is 33.5 Å². The molecule has 7 heteroatoms. The molecule has 2 aromatic rings. The van der Waals surface area contributed by atoms with E-state index < -0.39 is 0 Å². The van der Waals surface area contributed by atoms with E-state index in [9.17, 15) is 4.79 Å². The van der Waals surface area contributed by atoms with Crippen molar-refractivity contribution in [2.45, 2.75) is 12.1 Å². The predicted octanol–water partition coefficient (Wildman–Crippen LogP) is 2.89. The van der Waals surface area contributed by atoms with Gasteiger partial charge in [-0.2, -0.15) is 0 Å². The molecule has 0 unspecified atom stereocenters. The van der Waals surface area contributed by atoms with Gasteiger partial charge in [0, 0.05) is 10.0 Å². The van der Waals surface area contributed by atoms with E-state index in [-0.39, 0.29) is 11.7 Å². The van der Waals surface area contributed by atoms with Crippen LogP contribution in [0.2, 0.25) is 0 Å². The maximum absolute atomic E-state index is 11.2. The zero-order valence-corrected chi connectivity index (χ0v) is 12.6. The summed E-state index contributed by atoms with van der Waals surface area (Å²) in [5, 5.41) is 7.45. The lowest BCUT2D eigenvalue weighted by atomic mass is 10.2. The van der Waals surface area contributed by atoms with E-state index in [0.29, 0.717) is 17.6 Å². The smallest absolute Gasteiger partial charge is 0.316 e. The lowest BCUT2D eigenvalue weighted by Crippen LogP contribution is -2.06. The number of hydrogen-bond donors (Lipinski definition) is 1. The second kappa shape index (κ2) is 6.72. The van der Waals surface area contributed by atoms with Crippen molar-refractivity contribution in [3.8, 4) is 11.4 Å². The van der Waals surface area contributed by atoms with Gasteiger partial charge in [0.05, 0.1) is 12.4 Å². The molecule has 0 saturated heterocycles. The minimum atomic E-state index is -0.264. The second-order valence-corrected chi connectivity index (χ2v) is 5.34. The monoisotopic (exact) mass is 341 g/mol. The Kier molecular flexibility index (Phi) is 4.98. The Hall–Kier alpha value is -1.34. The van der Waals surface area contributed by atoms with E-state index in [1.807, 2.05) is 24.3 Å². The van der Waals surface area contributed by atoms with Gasteiger partial charge in [-0.25, -0.2) is 4.98 Å². The molecule has 0 saturated carbocycles. The molecule has 100 valence electrons. The number of benzene rings is 1. The Morgan fingerprint density at radius 2 is 2.26 bits per heavy atom. The standard InChI is InChI=1S/C12H12BrN3O2S/c1-2-18-10(17)7-19-12-14-11(15-16-12)8-5-3-4-6-9(8)13/h3-6H,2,7H2,1H3,(H,14,15,16). The van der Waals surface area contributed by atoms with Gasteiger partial charge in [-0.3, -0.25) is 9.89 Å². The van der Waals surface area contributed by atoms with Crippen molar-refractivity contribution < 1.29 is 9.53 Å². The summed E-state index contributed by atoms with van der Waals surface area (Å²) in [5.74, 6) is 0.611. The summed E-state index contributed by atoms with van der Waals surface area (Å²) >= 11 is 4.70. The van der Waals surface area contributed by atoms with Gasteiger partial charge in [-0.15, -0.1) is 5.10 Å². The summed E-state index contributed by atoms with van der Waals surface area (Å²) in [5.41, 5.74) is 0.929. The van der Waals surface area contributed by atoms with Crippen LogP contribution in [0.25, 0.3) is 11.4 Å². The average molecular weight is 342 g/mol. The number of halogens is 1. The van der Waals surface area contributed by atoms with Gasteiger partial charge in [0.25, 0.3) is 0 Å². The minimum Gasteiger partial charge on any atom is -0.465 e. The summed E-state index contributed by atoms with van der Waals surface area (Å²) < 4.78 is 5.78. The minimum absolute atomic E-state index is 0.209. The number of carbonyl (C=O) groups is 1. The molecule has 0 aliphatic heterocycles. The normalized spacial score (nSPS) is 10.4. The van der Waals surface area contributed by atoms with E-state index >= 15 is 0 Å².